The zero-order chi connectivity index (χ0) is 20.8. The molecule has 0 aliphatic rings. The number of nitrogens with zero attached hydrogens (tertiary/aromatic N) is 4. The number of aromatic nitrogens is 3. The predicted octanol–water partition coefficient (Wildman–Crippen LogP) is 3.48. The number of hydrogen-bond donors (Lipinski definition) is 0. The van der Waals surface area contributed by atoms with E-state index in [9.17, 15) is 9.59 Å². The lowest BCUT2D eigenvalue weighted by atomic mass is 10.0. The Bertz CT molecular complexity index is 898. The molecule has 1 amide bonds. The van der Waals surface area contributed by atoms with Crippen LogP contribution in [0.2, 0.25) is 0 Å². The fourth-order valence-corrected chi connectivity index (χ4v) is 3.18. The van der Waals surface area contributed by atoms with Crippen LogP contribution in [0.4, 0.5) is 5.82 Å². The summed E-state index contributed by atoms with van der Waals surface area (Å²) in [7, 11) is 1.32. The first-order valence-corrected chi connectivity index (χ1v) is 9.42. The van der Waals surface area contributed by atoms with E-state index in [1.54, 1.807) is 23.1 Å². The van der Waals surface area contributed by atoms with Crippen LogP contribution < -0.4 is 4.90 Å². The summed E-state index contributed by atoms with van der Waals surface area (Å²) in [5.74, 6) is 0.106. The molecule has 0 N–H and O–H groups in total. The third-order valence-electron chi connectivity index (χ3n) is 4.56. The lowest BCUT2D eigenvalue weighted by molar-refractivity contribution is -0.143. The van der Waals surface area contributed by atoms with E-state index in [1.807, 2.05) is 56.3 Å². The van der Waals surface area contributed by atoms with Crippen molar-refractivity contribution < 1.29 is 14.3 Å². The fraction of sp³-hybridized carbons (Fsp3) is 0.273. The highest BCUT2D eigenvalue weighted by Crippen LogP contribution is 2.29. The molecule has 29 heavy (non-hydrogen) atoms. The Morgan fingerprint density at radius 3 is 2.45 bits per heavy atom. The zero-order valence-corrected chi connectivity index (χ0v) is 16.7. The number of benzene rings is 1. The van der Waals surface area contributed by atoms with Crippen LogP contribution in [-0.2, 0) is 14.3 Å². The molecular formula is C22H24N4O3. The quantitative estimate of drug-likeness (QED) is 0.433. The molecule has 2 aromatic heterocycles. The third kappa shape index (κ3) is 4.51. The van der Waals surface area contributed by atoms with Crippen molar-refractivity contribution in [1.82, 2.24) is 14.8 Å². The normalized spacial score (nSPS) is 11.9. The van der Waals surface area contributed by atoms with Gasteiger partial charge < -0.3 is 4.74 Å². The van der Waals surface area contributed by atoms with Gasteiger partial charge in [0.1, 0.15) is 6.04 Å². The number of carbonyl (C=O) groups excluding carboxylic acids is 2. The van der Waals surface area contributed by atoms with Gasteiger partial charge in [-0.05, 0) is 36.6 Å². The van der Waals surface area contributed by atoms with E-state index in [1.165, 1.54) is 12.0 Å². The van der Waals surface area contributed by atoms with E-state index in [-0.39, 0.29) is 5.92 Å². The van der Waals surface area contributed by atoms with Crippen LogP contribution in [0.25, 0.3) is 16.9 Å². The molecule has 0 aliphatic heterocycles. The highest BCUT2D eigenvalue weighted by molar-refractivity contribution is 5.89. The van der Waals surface area contributed by atoms with Gasteiger partial charge in [-0.15, -0.1) is 5.10 Å². The maximum atomic E-state index is 12.4. The van der Waals surface area contributed by atoms with Gasteiger partial charge in [-0.2, -0.15) is 0 Å². The first-order chi connectivity index (χ1) is 14.0. The Hall–Kier alpha value is -3.48. The van der Waals surface area contributed by atoms with Gasteiger partial charge in [0.15, 0.2) is 5.82 Å². The van der Waals surface area contributed by atoms with Crippen LogP contribution >= 0.6 is 0 Å². The lowest BCUT2D eigenvalue weighted by Gasteiger charge is -2.25. The summed E-state index contributed by atoms with van der Waals surface area (Å²) >= 11 is 0. The average molecular weight is 392 g/mol. The van der Waals surface area contributed by atoms with Crippen LogP contribution in [0.1, 0.15) is 20.3 Å². The first kappa shape index (κ1) is 20.3. The molecule has 150 valence electrons. The number of methoxy groups -OCH3 is 1. The molecule has 3 rings (SSSR count). The number of para-hydroxylation sites is 1. The van der Waals surface area contributed by atoms with E-state index in [2.05, 4.69) is 10.1 Å². The van der Waals surface area contributed by atoms with Crippen molar-refractivity contribution in [2.45, 2.75) is 26.3 Å². The van der Waals surface area contributed by atoms with E-state index >= 15 is 0 Å². The summed E-state index contributed by atoms with van der Waals surface area (Å²) in [6.07, 6.45) is 4.50. The third-order valence-corrected chi connectivity index (χ3v) is 4.56. The Kier molecular flexibility index (Phi) is 6.39. The molecule has 1 aromatic carbocycles. The molecule has 0 bridgehead atoms. The Morgan fingerprint density at radius 1 is 1.17 bits per heavy atom. The number of carbonyl (C=O) groups is 2. The number of rotatable bonds is 8. The van der Waals surface area contributed by atoms with Gasteiger partial charge in [-0.25, -0.2) is 9.48 Å². The number of pyridine rings is 1. The number of amides is 1. The Morgan fingerprint density at radius 2 is 1.86 bits per heavy atom. The van der Waals surface area contributed by atoms with Gasteiger partial charge in [0.05, 0.1) is 18.5 Å². The molecule has 0 aliphatic carbocycles. The summed E-state index contributed by atoms with van der Waals surface area (Å²) in [5.41, 5.74) is 2.52. The molecule has 2 heterocycles. The zero-order valence-electron chi connectivity index (χ0n) is 16.7. The van der Waals surface area contributed by atoms with Crippen LogP contribution in [0.15, 0.2) is 60.9 Å². The van der Waals surface area contributed by atoms with Crippen molar-refractivity contribution in [3.05, 3.63) is 60.9 Å². The van der Waals surface area contributed by atoms with Gasteiger partial charge in [0, 0.05) is 24.0 Å². The molecule has 0 saturated heterocycles. The van der Waals surface area contributed by atoms with Crippen LogP contribution in [0.3, 0.4) is 0 Å². The smallest absolute Gasteiger partial charge is 0.329 e. The molecule has 1 atom stereocenters. The second-order valence-electron chi connectivity index (χ2n) is 7.05. The highest BCUT2D eigenvalue weighted by Gasteiger charge is 2.30. The number of anilines is 1. The highest BCUT2D eigenvalue weighted by atomic mass is 16.5. The molecule has 0 spiro atoms. The van der Waals surface area contributed by atoms with Crippen molar-refractivity contribution in [2.24, 2.45) is 5.92 Å². The van der Waals surface area contributed by atoms with Crippen LogP contribution in [0.5, 0.6) is 0 Å². The molecular weight excluding hydrogens is 368 g/mol. The van der Waals surface area contributed by atoms with E-state index < -0.39 is 12.0 Å². The van der Waals surface area contributed by atoms with Crippen molar-refractivity contribution in [1.29, 1.82) is 0 Å². The number of ether oxygens (including phenoxy) is 1. The first-order valence-electron chi connectivity index (χ1n) is 9.42. The van der Waals surface area contributed by atoms with Crippen molar-refractivity contribution in [2.75, 3.05) is 12.0 Å². The average Bonchev–Trinajstić information content (AvgIpc) is 3.19. The Labute approximate surface area is 169 Å². The topological polar surface area (TPSA) is 77.3 Å². The molecule has 0 unspecified atom stereocenters. The van der Waals surface area contributed by atoms with Crippen molar-refractivity contribution >= 4 is 18.2 Å². The van der Waals surface area contributed by atoms with E-state index in [0.717, 1.165) is 16.9 Å². The van der Waals surface area contributed by atoms with Crippen molar-refractivity contribution in [3.8, 4) is 16.9 Å². The summed E-state index contributed by atoms with van der Waals surface area (Å²) in [5, 5.41) is 4.66. The van der Waals surface area contributed by atoms with Crippen molar-refractivity contribution in [3.63, 3.8) is 0 Å². The summed E-state index contributed by atoms with van der Waals surface area (Å²) in [4.78, 5) is 29.8. The maximum Gasteiger partial charge on any atom is 0.329 e. The van der Waals surface area contributed by atoms with Gasteiger partial charge in [-0.1, -0.05) is 32.0 Å². The SMILES string of the molecule is COC(=O)[C@H](CC(C)C)N(C=O)c1cc(-c2ccncc2)n(-c2ccccc2)n1. The summed E-state index contributed by atoms with van der Waals surface area (Å²) < 4.78 is 6.70. The minimum atomic E-state index is -0.748. The fourth-order valence-electron chi connectivity index (χ4n) is 3.18. The van der Waals surface area contributed by atoms with Gasteiger partial charge in [0.25, 0.3) is 0 Å². The summed E-state index contributed by atoms with van der Waals surface area (Å²) in [6.45, 7) is 3.98. The molecule has 7 nitrogen and oxygen atoms in total. The standard InChI is InChI=1S/C22H24N4O3/c1-16(2)13-20(22(28)29-3)25(15-27)21-14-19(17-9-11-23-12-10-17)26(24-21)18-7-5-4-6-8-18/h4-12,14-16,20H,13H2,1-3H3/t20-/m0/s1. The second-order valence-corrected chi connectivity index (χ2v) is 7.05. The van der Waals surface area contributed by atoms with E-state index in [0.29, 0.717) is 18.6 Å². The predicted molar refractivity (Wildman–Crippen MR) is 111 cm³/mol. The number of esters is 1. The molecule has 7 heteroatoms. The minimum Gasteiger partial charge on any atom is -0.467 e. The van der Waals surface area contributed by atoms with Crippen LogP contribution in [0, 0.1) is 5.92 Å². The lowest BCUT2D eigenvalue weighted by Crippen LogP contribution is -2.42. The maximum absolute atomic E-state index is 12.4. The van der Waals surface area contributed by atoms with Crippen LogP contribution in [-0.4, -0.2) is 40.3 Å². The van der Waals surface area contributed by atoms with Gasteiger partial charge in [-0.3, -0.25) is 14.7 Å². The monoisotopic (exact) mass is 392 g/mol. The minimum absolute atomic E-state index is 0.192. The molecule has 3 aromatic rings. The number of hydrogen-bond acceptors (Lipinski definition) is 5. The van der Waals surface area contributed by atoms with Gasteiger partial charge >= 0.3 is 5.97 Å². The largest absolute Gasteiger partial charge is 0.467 e. The molecule has 0 saturated carbocycles. The summed E-state index contributed by atoms with van der Waals surface area (Å²) in [6, 6.07) is 14.4. The second kappa shape index (κ2) is 9.14. The van der Waals surface area contributed by atoms with E-state index in [4.69, 9.17) is 4.74 Å². The van der Waals surface area contributed by atoms with Gasteiger partial charge in [0.2, 0.25) is 6.41 Å². The Balaban J connectivity index is 2.12. The molecule has 0 radical (unpaired) electrons. The molecule has 0 fully saturated rings.